The Morgan fingerprint density at radius 1 is 1.20 bits per heavy atom. The molecule has 1 amide bonds. The maximum atomic E-state index is 12.2. The first-order valence-corrected chi connectivity index (χ1v) is 13.3. The molecule has 1 fully saturated rings. The molecule has 0 saturated heterocycles. The molecule has 2 aromatic heterocycles. The van der Waals surface area contributed by atoms with E-state index < -0.39 is 0 Å². The maximum Gasteiger partial charge on any atom is 0.220 e. The van der Waals surface area contributed by atoms with Crippen molar-refractivity contribution in [3.05, 3.63) is 34.5 Å². The smallest absolute Gasteiger partial charge is 0.220 e. The number of nitrogens with zero attached hydrogens (tertiary/aromatic N) is 2. The number of aromatic nitrogens is 2. The Balaban J connectivity index is 1.32. The van der Waals surface area contributed by atoms with E-state index in [2.05, 4.69) is 20.6 Å². The maximum absolute atomic E-state index is 12.2. The molecule has 0 spiro atoms. The van der Waals surface area contributed by atoms with Gasteiger partial charge in [0.05, 0.1) is 17.6 Å². The molecule has 35 heavy (non-hydrogen) atoms. The standard InChI is InChI=1S/C26H32N6O2S/c27-14-17-12-20(32-25-24-18-7-3-4-8-22(18)35-26(24)31-15-30-25)21(13-19(17)28)34-10-9-29-23(33)11-16-5-1-2-6-16/h12-16,27H,1-11,28H2,(H,29,33)(H,30,31,32). The van der Waals surface area contributed by atoms with Gasteiger partial charge in [-0.1, -0.05) is 12.8 Å². The molecule has 1 saturated carbocycles. The molecule has 0 unspecified atom stereocenters. The first-order valence-electron chi connectivity index (χ1n) is 12.5. The predicted octanol–water partition coefficient (Wildman–Crippen LogP) is 4.97. The van der Waals surface area contributed by atoms with Gasteiger partial charge < -0.3 is 26.5 Å². The Morgan fingerprint density at radius 3 is 2.86 bits per heavy atom. The average Bonchev–Trinajstić information content (AvgIpc) is 3.51. The van der Waals surface area contributed by atoms with Gasteiger partial charge in [-0.2, -0.15) is 0 Å². The lowest BCUT2D eigenvalue weighted by Crippen LogP contribution is -2.29. The zero-order chi connectivity index (χ0) is 24.2. The Labute approximate surface area is 209 Å². The second kappa shape index (κ2) is 10.6. The van der Waals surface area contributed by atoms with Crippen LogP contribution in [0, 0.1) is 11.3 Å². The van der Waals surface area contributed by atoms with Crippen molar-refractivity contribution in [1.82, 2.24) is 15.3 Å². The molecule has 2 heterocycles. The van der Waals surface area contributed by atoms with Crippen LogP contribution in [-0.2, 0) is 17.6 Å². The lowest BCUT2D eigenvalue weighted by atomic mass is 9.97. The number of carbonyl (C=O) groups is 1. The van der Waals surface area contributed by atoms with Crippen LogP contribution in [-0.4, -0.2) is 35.2 Å². The lowest BCUT2D eigenvalue weighted by molar-refractivity contribution is -0.122. The quantitative estimate of drug-likeness (QED) is 0.190. The third-order valence-electron chi connectivity index (χ3n) is 6.98. The zero-order valence-corrected chi connectivity index (χ0v) is 20.7. The van der Waals surface area contributed by atoms with Crippen LogP contribution in [0.15, 0.2) is 18.5 Å². The summed E-state index contributed by atoms with van der Waals surface area (Å²) in [6.45, 7) is 0.745. The highest BCUT2D eigenvalue weighted by molar-refractivity contribution is 7.19. The van der Waals surface area contributed by atoms with E-state index in [4.69, 9.17) is 15.9 Å². The third kappa shape index (κ3) is 5.24. The van der Waals surface area contributed by atoms with E-state index >= 15 is 0 Å². The summed E-state index contributed by atoms with van der Waals surface area (Å²) in [6, 6.07) is 3.54. The summed E-state index contributed by atoms with van der Waals surface area (Å²) in [6.07, 6.45) is 12.7. The fourth-order valence-electron chi connectivity index (χ4n) is 5.17. The molecule has 0 atom stereocenters. The van der Waals surface area contributed by atoms with E-state index in [0.29, 0.717) is 48.2 Å². The predicted molar refractivity (Wildman–Crippen MR) is 141 cm³/mol. The van der Waals surface area contributed by atoms with Crippen molar-refractivity contribution in [3.63, 3.8) is 0 Å². The Kier molecular flexibility index (Phi) is 7.13. The minimum atomic E-state index is 0.0862. The van der Waals surface area contributed by atoms with Crippen LogP contribution >= 0.6 is 11.3 Å². The van der Waals surface area contributed by atoms with Crippen LogP contribution in [0.25, 0.3) is 10.2 Å². The molecule has 3 aromatic rings. The highest BCUT2D eigenvalue weighted by atomic mass is 32.1. The molecule has 2 aliphatic carbocycles. The van der Waals surface area contributed by atoms with Gasteiger partial charge in [0.15, 0.2) is 0 Å². The monoisotopic (exact) mass is 492 g/mol. The number of ether oxygens (including phenoxy) is 1. The number of rotatable bonds is 9. The normalized spacial score (nSPS) is 15.7. The average molecular weight is 493 g/mol. The van der Waals surface area contributed by atoms with Crippen LogP contribution in [0.2, 0.25) is 0 Å². The molecule has 5 rings (SSSR count). The van der Waals surface area contributed by atoms with Crippen molar-refractivity contribution in [3.8, 4) is 5.75 Å². The van der Waals surface area contributed by atoms with Crippen molar-refractivity contribution in [2.24, 2.45) is 5.92 Å². The van der Waals surface area contributed by atoms with E-state index in [9.17, 15) is 4.79 Å². The fraction of sp³-hybridized carbons (Fsp3) is 0.462. The number of hydrogen-bond acceptors (Lipinski definition) is 8. The van der Waals surface area contributed by atoms with Crippen LogP contribution < -0.4 is 21.1 Å². The van der Waals surface area contributed by atoms with Gasteiger partial charge in [0, 0.05) is 34.8 Å². The van der Waals surface area contributed by atoms with Crippen LogP contribution in [0.4, 0.5) is 17.2 Å². The topological polar surface area (TPSA) is 126 Å². The molecule has 9 heteroatoms. The van der Waals surface area contributed by atoms with E-state index in [0.717, 1.165) is 41.7 Å². The number of nitrogens with one attached hydrogen (secondary N) is 3. The Bertz CT molecular complexity index is 1230. The fourth-order valence-corrected chi connectivity index (χ4v) is 6.40. The second-order valence-electron chi connectivity index (χ2n) is 9.41. The summed E-state index contributed by atoms with van der Waals surface area (Å²) in [5, 5.41) is 15.2. The number of anilines is 3. The number of aryl methyl sites for hydroxylation is 2. The van der Waals surface area contributed by atoms with Crippen LogP contribution in [0.1, 0.15) is 60.9 Å². The highest BCUT2D eigenvalue weighted by Gasteiger charge is 2.21. The van der Waals surface area contributed by atoms with Crippen molar-refractivity contribution in [1.29, 1.82) is 5.41 Å². The van der Waals surface area contributed by atoms with E-state index in [1.165, 1.54) is 42.3 Å². The van der Waals surface area contributed by atoms with E-state index in [-0.39, 0.29) is 5.91 Å². The molecule has 1 aromatic carbocycles. The highest BCUT2D eigenvalue weighted by Crippen LogP contribution is 2.40. The van der Waals surface area contributed by atoms with E-state index in [1.807, 2.05) is 6.07 Å². The molecule has 5 N–H and O–H groups in total. The molecule has 8 nitrogen and oxygen atoms in total. The van der Waals surface area contributed by atoms with E-state index in [1.54, 1.807) is 23.7 Å². The number of amides is 1. The summed E-state index contributed by atoms with van der Waals surface area (Å²) in [5.74, 6) is 1.91. The number of carbonyl (C=O) groups excluding carboxylic acids is 1. The van der Waals surface area contributed by atoms with Gasteiger partial charge in [-0.15, -0.1) is 11.3 Å². The third-order valence-corrected chi connectivity index (χ3v) is 8.18. The van der Waals surface area contributed by atoms with Crippen LogP contribution in [0.5, 0.6) is 5.75 Å². The van der Waals surface area contributed by atoms with Crippen LogP contribution in [0.3, 0.4) is 0 Å². The Hall–Kier alpha value is -3.20. The second-order valence-corrected chi connectivity index (χ2v) is 10.5. The van der Waals surface area contributed by atoms with Gasteiger partial charge >= 0.3 is 0 Å². The number of nitrogens with two attached hydrogens (primary N) is 1. The number of fused-ring (bicyclic) bond motifs is 3. The minimum absolute atomic E-state index is 0.0862. The first kappa shape index (κ1) is 23.5. The van der Waals surface area contributed by atoms with Gasteiger partial charge in [-0.05, 0) is 56.1 Å². The molecule has 0 bridgehead atoms. The molecular weight excluding hydrogens is 460 g/mol. The molecule has 0 aliphatic heterocycles. The zero-order valence-electron chi connectivity index (χ0n) is 19.9. The summed E-state index contributed by atoms with van der Waals surface area (Å²) in [7, 11) is 0. The minimum Gasteiger partial charge on any atom is -0.489 e. The number of thiophene rings is 1. The summed E-state index contributed by atoms with van der Waals surface area (Å²) in [5.41, 5.74) is 9.24. The number of nitrogen functional groups attached to an aromatic ring is 1. The molecule has 184 valence electrons. The molecule has 2 aliphatic rings. The number of hydrogen-bond donors (Lipinski definition) is 4. The van der Waals surface area contributed by atoms with Crippen molar-refractivity contribution < 1.29 is 9.53 Å². The SMILES string of the molecule is N=Cc1cc(Nc2ncnc3sc4c(c23)CCCC4)c(OCCNC(=O)CC2CCCC2)cc1N. The van der Waals surface area contributed by atoms with Gasteiger partial charge in [-0.3, -0.25) is 4.79 Å². The summed E-state index contributed by atoms with van der Waals surface area (Å²) < 4.78 is 6.04. The summed E-state index contributed by atoms with van der Waals surface area (Å²) in [4.78, 5) is 23.7. The van der Waals surface area contributed by atoms with Crippen molar-refractivity contribution in [2.45, 2.75) is 57.8 Å². The van der Waals surface area contributed by atoms with Crippen molar-refractivity contribution in [2.75, 3.05) is 24.2 Å². The largest absolute Gasteiger partial charge is 0.489 e. The van der Waals surface area contributed by atoms with Gasteiger partial charge in [0.2, 0.25) is 5.91 Å². The molecule has 0 radical (unpaired) electrons. The van der Waals surface area contributed by atoms with Gasteiger partial charge in [0.1, 0.15) is 29.3 Å². The van der Waals surface area contributed by atoms with Crippen molar-refractivity contribution >= 4 is 50.9 Å². The van der Waals surface area contributed by atoms with Gasteiger partial charge in [0.25, 0.3) is 0 Å². The summed E-state index contributed by atoms with van der Waals surface area (Å²) >= 11 is 1.75. The first-order chi connectivity index (χ1) is 17.1. The number of benzene rings is 1. The van der Waals surface area contributed by atoms with Gasteiger partial charge in [-0.25, -0.2) is 9.97 Å². The molecular formula is C26H32N6O2S. The lowest BCUT2D eigenvalue weighted by Gasteiger charge is -2.17. The Morgan fingerprint density at radius 2 is 2.03 bits per heavy atom.